The topological polar surface area (TPSA) is 124 Å². The summed E-state index contributed by atoms with van der Waals surface area (Å²) in [7, 11) is -4.12. The van der Waals surface area contributed by atoms with Gasteiger partial charge in [0.05, 0.1) is 16.5 Å². The Kier molecular flexibility index (Phi) is 5.24. The van der Waals surface area contributed by atoms with E-state index in [1.165, 1.54) is 6.07 Å². The zero-order valence-electron chi connectivity index (χ0n) is 9.96. The molecule has 0 spiro atoms. The molecule has 0 aliphatic heterocycles. The first kappa shape index (κ1) is 16.1. The minimum Gasteiger partial charge on any atom is -0.478 e. The van der Waals surface area contributed by atoms with Crippen molar-refractivity contribution in [2.24, 2.45) is 0 Å². The van der Waals surface area contributed by atoms with Crippen LogP contribution < -0.4 is 5.32 Å². The summed E-state index contributed by atoms with van der Waals surface area (Å²) in [6, 6.07) is 5.27. The molecular formula is C11H9BrN2O5S. The summed E-state index contributed by atoms with van der Waals surface area (Å²) in [6.07, 6.45) is 0. The van der Waals surface area contributed by atoms with E-state index in [1.54, 1.807) is 6.07 Å². The van der Waals surface area contributed by atoms with Gasteiger partial charge in [-0.2, -0.15) is 5.26 Å². The zero-order chi connectivity index (χ0) is 15.3. The second-order valence-corrected chi connectivity index (χ2v) is 6.51. The smallest absolute Gasteiger partial charge is 0.337 e. The van der Waals surface area contributed by atoms with Crippen molar-refractivity contribution < 1.29 is 23.1 Å². The molecule has 106 valence electrons. The highest BCUT2D eigenvalue weighted by Gasteiger charge is 2.25. The standard InChI is InChI=1S/C11H9BrN2O5S/c12-7-1-2-8(11(16)17)9(5-7)20(18,19)6-10(15)14-4-3-13/h1-2,5H,4,6H2,(H,14,15)(H,16,17). The fourth-order valence-electron chi connectivity index (χ4n) is 1.37. The van der Waals surface area contributed by atoms with Crippen LogP contribution in [0.5, 0.6) is 0 Å². The Morgan fingerprint density at radius 2 is 2.05 bits per heavy atom. The van der Waals surface area contributed by atoms with Gasteiger partial charge in [-0.05, 0) is 18.2 Å². The molecule has 0 aliphatic rings. The van der Waals surface area contributed by atoms with Gasteiger partial charge in [-0.3, -0.25) is 4.79 Å². The molecule has 1 rings (SSSR count). The highest BCUT2D eigenvalue weighted by atomic mass is 79.9. The van der Waals surface area contributed by atoms with E-state index in [-0.39, 0.29) is 6.54 Å². The average molecular weight is 361 g/mol. The molecule has 1 aromatic carbocycles. The Hall–Kier alpha value is -1.92. The maximum absolute atomic E-state index is 12.1. The lowest BCUT2D eigenvalue weighted by Gasteiger charge is -2.08. The van der Waals surface area contributed by atoms with Gasteiger partial charge in [0.25, 0.3) is 0 Å². The Morgan fingerprint density at radius 3 is 2.60 bits per heavy atom. The first-order chi connectivity index (χ1) is 9.27. The summed E-state index contributed by atoms with van der Waals surface area (Å²) >= 11 is 3.05. The fourth-order valence-corrected chi connectivity index (χ4v) is 3.28. The first-order valence-electron chi connectivity index (χ1n) is 5.17. The molecule has 0 radical (unpaired) electrons. The number of sulfone groups is 1. The van der Waals surface area contributed by atoms with Crippen molar-refractivity contribution in [1.29, 1.82) is 5.26 Å². The molecule has 0 saturated carbocycles. The number of hydrogen-bond acceptors (Lipinski definition) is 5. The molecule has 7 nitrogen and oxygen atoms in total. The molecule has 0 fully saturated rings. The van der Waals surface area contributed by atoms with E-state index in [2.05, 4.69) is 21.2 Å². The van der Waals surface area contributed by atoms with Crippen LogP contribution in [0.2, 0.25) is 0 Å². The van der Waals surface area contributed by atoms with Gasteiger partial charge in [-0.1, -0.05) is 15.9 Å². The third-order valence-corrected chi connectivity index (χ3v) is 4.34. The predicted molar refractivity (Wildman–Crippen MR) is 71.8 cm³/mol. The van der Waals surface area contributed by atoms with Crippen LogP contribution in [-0.4, -0.2) is 37.7 Å². The first-order valence-corrected chi connectivity index (χ1v) is 7.61. The number of nitriles is 1. The lowest BCUT2D eigenvalue weighted by molar-refractivity contribution is -0.118. The normalized spacial score (nSPS) is 10.6. The minimum atomic E-state index is -4.12. The lowest BCUT2D eigenvalue weighted by Crippen LogP contribution is -2.31. The Bertz CT molecular complexity index is 693. The average Bonchev–Trinajstić information content (AvgIpc) is 2.35. The lowest BCUT2D eigenvalue weighted by atomic mass is 10.2. The number of nitrogens with one attached hydrogen (secondary N) is 1. The van der Waals surface area contributed by atoms with E-state index in [0.717, 1.165) is 12.1 Å². The number of aromatic carboxylic acids is 1. The number of benzene rings is 1. The van der Waals surface area contributed by atoms with Gasteiger partial charge in [0.15, 0.2) is 9.84 Å². The van der Waals surface area contributed by atoms with E-state index in [0.29, 0.717) is 4.47 Å². The van der Waals surface area contributed by atoms with Gasteiger partial charge in [0.2, 0.25) is 5.91 Å². The number of carbonyl (C=O) groups excluding carboxylic acids is 1. The summed E-state index contributed by atoms with van der Waals surface area (Å²) in [5, 5.41) is 19.3. The molecule has 0 bridgehead atoms. The largest absolute Gasteiger partial charge is 0.478 e. The third kappa shape index (κ3) is 4.04. The minimum absolute atomic E-state index is 0.321. The summed E-state index contributed by atoms with van der Waals surface area (Å²) in [5.74, 6) is -3.21. The maximum atomic E-state index is 12.1. The van der Waals surface area contributed by atoms with Gasteiger partial charge in [-0.25, -0.2) is 13.2 Å². The summed E-state index contributed by atoms with van der Waals surface area (Å²) in [4.78, 5) is 21.9. The van der Waals surface area contributed by atoms with Crippen molar-refractivity contribution in [3.8, 4) is 6.07 Å². The van der Waals surface area contributed by atoms with Crippen LogP contribution in [0.25, 0.3) is 0 Å². The van der Waals surface area contributed by atoms with Crippen molar-refractivity contribution in [2.45, 2.75) is 4.90 Å². The van der Waals surface area contributed by atoms with Crippen molar-refractivity contribution >= 4 is 37.6 Å². The van der Waals surface area contributed by atoms with Crippen LogP contribution in [-0.2, 0) is 14.6 Å². The Labute approximate surface area is 123 Å². The number of rotatable bonds is 5. The van der Waals surface area contributed by atoms with Crippen LogP contribution in [0.1, 0.15) is 10.4 Å². The van der Waals surface area contributed by atoms with Crippen molar-refractivity contribution in [1.82, 2.24) is 5.32 Å². The Balaban J connectivity index is 3.16. The van der Waals surface area contributed by atoms with Crippen LogP contribution in [0.3, 0.4) is 0 Å². The SMILES string of the molecule is N#CCNC(=O)CS(=O)(=O)c1cc(Br)ccc1C(=O)O. The van der Waals surface area contributed by atoms with E-state index < -0.39 is 37.9 Å². The molecule has 1 aromatic rings. The molecule has 1 amide bonds. The second kappa shape index (κ2) is 6.49. The van der Waals surface area contributed by atoms with Crippen molar-refractivity contribution in [2.75, 3.05) is 12.3 Å². The Morgan fingerprint density at radius 1 is 1.40 bits per heavy atom. The number of carbonyl (C=O) groups is 2. The highest BCUT2D eigenvalue weighted by molar-refractivity contribution is 9.10. The highest BCUT2D eigenvalue weighted by Crippen LogP contribution is 2.22. The van der Waals surface area contributed by atoms with Crippen LogP contribution in [0, 0.1) is 11.3 Å². The summed E-state index contributed by atoms with van der Waals surface area (Å²) in [6.45, 7) is -0.321. The van der Waals surface area contributed by atoms with Crippen LogP contribution in [0.4, 0.5) is 0 Å². The molecule has 0 saturated heterocycles. The number of amides is 1. The second-order valence-electron chi connectivity index (χ2n) is 3.64. The van der Waals surface area contributed by atoms with E-state index in [9.17, 15) is 18.0 Å². The number of carboxylic acid groups (broad SMARTS) is 1. The monoisotopic (exact) mass is 360 g/mol. The molecule has 0 unspecified atom stereocenters. The summed E-state index contributed by atoms with van der Waals surface area (Å²) in [5.41, 5.74) is -0.415. The molecule has 20 heavy (non-hydrogen) atoms. The molecule has 0 heterocycles. The number of hydrogen-bond donors (Lipinski definition) is 2. The molecule has 0 aromatic heterocycles. The quantitative estimate of drug-likeness (QED) is 0.739. The zero-order valence-corrected chi connectivity index (χ0v) is 12.4. The van der Waals surface area contributed by atoms with Crippen LogP contribution >= 0.6 is 15.9 Å². The van der Waals surface area contributed by atoms with Crippen molar-refractivity contribution in [3.63, 3.8) is 0 Å². The van der Waals surface area contributed by atoms with Gasteiger partial charge in [0, 0.05) is 4.47 Å². The fraction of sp³-hybridized carbons (Fsp3) is 0.182. The predicted octanol–water partition coefficient (Wildman–Crippen LogP) is 0.561. The van der Waals surface area contributed by atoms with E-state index in [1.807, 2.05) is 0 Å². The summed E-state index contributed by atoms with van der Waals surface area (Å²) < 4.78 is 24.5. The van der Waals surface area contributed by atoms with Gasteiger partial charge >= 0.3 is 5.97 Å². The van der Waals surface area contributed by atoms with E-state index >= 15 is 0 Å². The maximum Gasteiger partial charge on any atom is 0.337 e. The number of carboxylic acids is 1. The van der Waals surface area contributed by atoms with Gasteiger partial charge in [0.1, 0.15) is 12.3 Å². The van der Waals surface area contributed by atoms with Crippen molar-refractivity contribution in [3.05, 3.63) is 28.2 Å². The van der Waals surface area contributed by atoms with Crippen LogP contribution in [0.15, 0.2) is 27.6 Å². The molecule has 2 N–H and O–H groups in total. The van der Waals surface area contributed by atoms with Gasteiger partial charge < -0.3 is 10.4 Å². The number of nitrogens with zero attached hydrogens (tertiary/aromatic N) is 1. The third-order valence-electron chi connectivity index (χ3n) is 2.19. The molecule has 9 heteroatoms. The number of halogens is 1. The molecule has 0 atom stereocenters. The van der Waals surface area contributed by atoms with Gasteiger partial charge in [-0.15, -0.1) is 0 Å². The van der Waals surface area contributed by atoms with E-state index in [4.69, 9.17) is 10.4 Å². The molecular weight excluding hydrogens is 352 g/mol. The molecule has 0 aliphatic carbocycles.